The molecule has 0 aliphatic carbocycles. The summed E-state index contributed by atoms with van der Waals surface area (Å²) in [5, 5.41) is 2.56. The molecule has 1 fully saturated rings. The third kappa shape index (κ3) is 3.10. The molecule has 1 aliphatic rings. The number of rotatable bonds is 5. The summed E-state index contributed by atoms with van der Waals surface area (Å²) in [4.78, 5) is 17.9. The average molecular weight is 266 g/mol. The third-order valence-electron chi connectivity index (χ3n) is 2.91. The van der Waals surface area contributed by atoms with Crippen LogP contribution in [0.4, 0.5) is 0 Å². The first-order valence-corrected chi connectivity index (χ1v) is 6.93. The minimum Gasteiger partial charge on any atom is -0.463 e. The van der Waals surface area contributed by atoms with Gasteiger partial charge in [-0.05, 0) is 13.3 Å². The molecule has 1 aliphatic heterocycles. The van der Waals surface area contributed by atoms with E-state index >= 15 is 0 Å². The Hall–Kier alpha value is -1.36. The highest BCUT2D eigenvalue weighted by molar-refractivity contribution is 7.11. The minimum absolute atomic E-state index is 0.0170. The Morgan fingerprint density at radius 1 is 1.72 bits per heavy atom. The second-order valence-corrected chi connectivity index (χ2v) is 5.70. The molecule has 0 saturated carbocycles. The SMILES string of the molecule is C=C(C)CC(C)C(=O)N1CC(Oc2nccs2)C1. The van der Waals surface area contributed by atoms with E-state index in [1.807, 2.05) is 24.1 Å². The van der Waals surface area contributed by atoms with E-state index in [1.54, 1.807) is 6.20 Å². The van der Waals surface area contributed by atoms with E-state index in [4.69, 9.17) is 4.74 Å². The number of thiazole rings is 1. The predicted octanol–water partition coefficient (Wildman–Crippen LogP) is 2.33. The molecule has 0 bridgehead atoms. The molecule has 0 spiro atoms. The molecule has 0 radical (unpaired) electrons. The summed E-state index contributed by atoms with van der Waals surface area (Å²) in [6, 6.07) is 0. The monoisotopic (exact) mass is 266 g/mol. The molecule has 1 aromatic rings. The van der Waals surface area contributed by atoms with Gasteiger partial charge in [-0.3, -0.25) is 4.79 Å². The lowest BCUT2D eigenvalue weighted by atomic mass is 9.99. The van der Waals surface area contributed by atoms with Gasteiger partial charge in [-0.25, -0.2) is 4.98 Å². The number of hydrogen-bond acceptors (Lipinski definition) is 4. The van der Waals surface area contributed by atoms with Crippen LogP contribution >= 0.6 is 11.3 Å². The molecule has 0 N–H and O–H groups in total. The number of ether oxygens (including phenoxy) is 1. The highest BCUT2D eigenvalue weighted by atomic mass is 32.1. The molecule has 1 amide bonds. The van der Waals surface area contributed by atoms with Gasteiger partial charge in [0.1, 0.15) is 6.10 Å². The molecule has 18 heavy (non-hydrogen) atoms. The lowest BCUT2D eigenvalue weighted by Crippen LogP contribution is -2.57. The normalized spacial score (nSPS) is 17.1. The standard InChI is InChI=1S/C13H18N2O2S/c1-9(2)6-10(3)12(16)15-7-11(8-15)17-13-14-4-5-18-13/h4-5,10-11H,1,6-8H2,2-3H3. The fourth-order valence-corrected chi connectivity index (χ4v) is 2.58. The smallest absolute Gasteiger partial charge is 0.273 e. The minimum atomic E-state index is 0.0170. The molecule has 1 aromatic heterocycles. The van der Waals surface area contributed by atoms with Crippen molar-refractivity contribution in [2.24, 2.45) is 5.92 Å². The fourth-order valence-electron chi connectivity index (χ4n) is 2.03. The van der Waals surface area contributed by atoms with Gasteiger partial charge < -0.3 is 9.64 Å². The first-order chi connectivity index (χ1) is 8.56. The van der Waals surface area contributed by atoms with Crippen molar-refractivity contribution in [3.63, 3.8) is 0 Å². The first-order valence-electron chi connectivity index (χ1n) is 6.05. The zero-order chi connectivity index (χ0) is 13.1. The van der Waals surface area contributed by atoms with Crippen molar-refractivity contribution in [2.75, 3.05) is 13.1 Å². The molecule has 1 atom stereocenters. The van der Waals surface area contributed by atoms with Crippen molar-refractivity contribution in [1.29, 1.82) is 0 Å². The molecule has 2 rings (SSSR count). The van der Waals surface area contributed by atoms with Gasteiger partial charge in [0.15, 0.2) is 0 Å². The van der Waals surface area contributed by atoms with Crippen LogP contribution in [0.3, 0.4) is 0 Å². The van der Waals surface area contributed by atoms with Gasteiger partial charge in [0.25, 0.3) is 5.19 Å². The lowest BCUT2D eigenvalue weighted by Gasteiger charge is -2.39. The number of hydrogen-bond donors (Lipinski definition) is 0. The van der Waals surface area contributed by atoms with Crippen LogP contribution in [0.25, 0.3) is 0 Å². The van der Waals surface area contributed by atoms with Crippen LogP contribution in [-0.4, -0.2) is 35.0 Å². The van der Waals surface area contributed by atoms with E-state index in [-0.39, 0.29) is 17.9 Å². The van der Waals surface area contributed by atoms with E-state index in [9.17, 15) is 4.79 Å². The van der Waals surface area contributed by atoms with Crippen molar-refractivity contribution < 1.29 is 9.53 Å². The van der Waals surface area contributed by atoms with E-state index in [0.29, 0.717) is 18.3 Å². The zero-order valence-corrected chi connectivity index (χ0v) is 11.6. The van der Waals surface area contributed by atoms with Crippen LogP contribution in [0.15, 0.2) is 23.7 Å². The summed E-state index contributed by atoms with van der Waals surface area (Å²) in [6.07, 6.45) is 2.57. The summed E-state index contributed by atoms with van der Waals surface area (Å²) in [7, 11) is 0. The topological polar surface area (TPSA) is 42.4 Å². The van der Waals surface area contributed by atoms with E-state index in [1.165, 1.54) is 11.3 Å². The molecular formula is C13H18N2O2S. The maximum Gasteiger partial charge on any atom is 0.273 e. The van der Waals surface area contributed by atoms with Crippen LogP contribution in [0.1, 0.15) is 20.3 Å². The van der Waals surface area contributed by atoms with Crippen molar-refractivity contribution in [1.82, 2.24) is 9.88 Å². The summed E-state index contributed by atoms with van der Waals surface area (Å²) in [6.45, 7) is 9.08. The maximum absolute atomic E-state index is 12.0. The number of carbonyl (C=O) groups excluding carboxylic acids is 1. The van der Waals surface area contributed by atoms with Gasteiger partial charge in [0.2, 0.25) is 5.91 Å². The molecule has 2 heterocycles. The number of likely N-dealkylation sites (tertiary alicyclic amines) is 1. The van der Waals surface area contributed by atoms with Crippen LogP contribution in [0.2, 0.25) is 0 Å². The van der Waals surface area contributed by atoms with Crippen molar-refractivity contribution in [2.45, 2.75) is 26.4 Å². The van der Waals surface area contributed by atoms with Crippen LogP contribution < -0.4 is 4.74 Å². The van der Waals surface area contributed by atoms with E-state index in [2.05, 4.69) is 11.6 Å². The third-order valence-corrected chi connectivity index (χ3v) is 3.57. The highest BCUT2D eigenvalue weighted by Gasteiger charge is 2.34. The Labute approximate surface area is 111 Å². The number of allylic oxidation sites excluding steroid dienone is 1. The Kier molecular flexibility index (Phi) is 4.01. The van der Waals surface area contributed by atoms with E-state index in [0.717, 1.165) is 12.0 Å². The first kappa shape index (κ1) is 13.1. The van der Waals surface area contributed by atoms with E-state index < -0.39 is 0 Å². The molecule has 98 valence electrons. The molecule has 5 heteroatoms. The second-order valence-electron chi connectivity index (χ2n) is 4.84. The van der Waals surface area contributed by atoms with Gasteiger partial charge in [-0.1, -0.05) is 23.8 Å². The Morgan fingerprint density at radius 2 is 2.44 bits per heavy atom. The average Bonchev–Trinajstić information content (AvgIpc) is 2.73. The molecule has 4 nitrogen and oxygen atoms in total. The van der Waals surface area contributed by atoms with Crippen molar-refractivity contribution >= 4 is 17.2 Å². The van der Waals surface area contributed by atoms with Crippen LogP contribution in [0, 0.1) is 5.92 Å². The summed E-state index contributed by atoms with van der Waals surface area (Å²) >= 11 is 1.48. The fraction of sp³-hybridized carbons (Fsp3) is 0.538. The van der Waals surface area contributed by atoms with Gasteiger partial charge in [-0.15, -0.1) is 6.58 Å². The second kappa shape index (κ2) is 5.52. The maximum atomic E-state index is 12.0. The summed E-state index contributed by atoms with van der Waals surface area (Å²) < 4.78 is 5.63. The molecule has 1 unspecified atom stereocenters. The number of aromatic nitrogens is 1. The Balaban J connectivity index is 1.75. The van der Waals surface area contributed by atoms with Crippen LogP contribution in [0.5, 0.6) is 5.19 Å². The van der Waals surface area contributed by atoms with Crippen molar-refractivity contribution in [3.8, 4) is 5.19 Å². The number of amides is 1. The largest absolute Gasteiger partial charge is 0.463 e. The van der Waals surface area contributed by atoms with Gasteiger partial charge in [0, 0.05) is 17.5 Å². The Morgan fingerprint density at radius 3 is 3.00 bits per heavy atom. The van der Waals surface area contributed by atoms with Gasteiger partial charge >= 0.3 is 0 Å². The summed E-state index contributed by atoms with van der Waals surface area (Å²) in [5.74, 6) is 0.209. The summed E-state index contributed by atoms with van der Waals surface area (Å²) in [5.41, 5.74) is 1.05. The predicted molar refractivity (Wildman–Crippen MR) is 71.7 cm³/mol. The molecule has 1 saturated heterocycles. The highest BCUT2D eigenvalue weighted by Crippen LogP contribution is 2.22. The van der Waals surface area contributed by atoms with Gasteiger partial charge in [-0.2, -0.15) is 0 Å². The van der Waals surface area contributed by atoms with Crippen LogP contribution in [-0.2, 0) is 4.79 Å². The molecular weight excluding hydrogens is 248 g/mol. The lowest BCUT2D eigenvalue weighted by molar-refractivity contribution is -0.143. The number of carbonyl (C=O) groups is 1. The number of nitrogens with zero attached hydrogens (tertiary/aromatic N) is 2. The molecule has 0 aromatic carbocycles. The van der Waals surface area contributed by atoms with Crippen molar-refractivity contribution in [3.05, 3.63) is 23.7 Å². The zero-order valence-electron chi connectivity index (χ0n) is 10.8. The quantitative estimate of drug-likeness (QED) is 0.768. The van der Waals surface area contributed by atoms with Gasteiger partial charge in [0.05, 0.1) is 13.1 Å². The Bertz CT molecular complexity index is 424.